The first-order valence-corrected chi connectivity index (χ1v) is 9.33. The maximum absolute atomic E-state index is 5.54. The number of methoxy groups -OCH3 is 1. The smallest absolute Gasteiger partial charge is 0.111 e. The number of nitrogens with one attached hydrogen (secondary N) is 1. The van der Waals surface area contributed by atoms with Crippen molar-refractivity contribution in [3.63, 3.8) is 0 Å². The Balaban J connectivity index is 1.85. The summed E-state index contributed by atoms with van der Waals surface area (Å²) < 4.78 is 12.9. The third-order valence-corrected chi connectivity index (χ3v) is 4.78. The molecule has 0 radical (unpaired) electrons. The fourth-order valence-electron chi connectivity index (χ4n) is 3.49. The molecule has 27 heavy (non-hydrogen) atoms. The first-order chi connectivity index (χ1) is 13.2. The van der Waals surface area contributed by atoms with Crippen molar-refractivity contribution in [3.05, 3.63) is 36.3 Å². The average molecular weight is 367 g/mol. The summed E-state index contributed by atoms with van der Waals surface area (Å²) in [6.07, 6.45) is 4.61. The van der Waals surface area contributed by atoms with E-state index in [1.54, 1.807) is 13.3 Å². The first kappa shape index (κ1) is 17.9. The van der Waals surface area contributed by atoms with Gasteiger partial charge in [0.05, 0.1) is 42.5 Å². The highest BCUT2D eigenvalue weighted by Gasteiger charge is 2.21. The van der Waals surface area contributed by atoms with Gasteiger partial charge >= 0.3 is 0 Å². The Hall–Kier alpha value is -2.51. The maximum Gasteiger partial charge on any atom is 0.111 e. The SMILES string of the molecule is COCc1ncccc1-c1cc(N[C@@H]2CCOC2)c2c(cnn2C(C)C)n1. The molecule has 3 aromatic heterocycles. The topological polar surface area (TPSA) is 74.1 Å². The molecule has 0 saturated carbocycles. The van der Waals surface area contributed by atoms with E-state index >= 15 is 0 Å². The summed E-state index contributed by atoms with van der Waals surface area (Å²) in [5.41, 5.74) is 5.64. The van der Waals surface area contributed by atoms with Gasteiger partial charge < -0.3 is 14.8 Å². The third kappa shape index (κ3) is 3.52. The Morgan fingerprint density at radius 2 is 2.30 bits per heavy atom. The van der Waals surface area contributed by atoms with Crippen LogP contribution in [-0.2, 0) is 16.1 Å². The summed E-state index contributed by atoms with van der Waals surface area (Å²) in [7, 11) is 1.68. The Morgan fingerprint density at radius 3 is 3.04 bits per heavy atom. The van der Waals surface area contributed by atoms with Gasteiger partial charge in [0, 0.05) is 31.5 Å². The van der Waals surface area contributed by atoms with Gasteiger partial charge in [0.25, 0.3) is 0 Å². The van der Waals surface area contributed by atoms with Gasteiger partial charge in [-0.05, 0) is 38.5 Å². The van der Waals surface area contributed by atoms with E-state index in [1.165, 1.54) is 0 Å². The minimum Gasteiger partial charge on any atom is -0.379 e. The Morgan fingerprint density at radius 1 is 1.41 bits per heavy atom. The summed E-state index contributed by atoms with van der Waals surface area (Å²) in [5.74, 6) is 0. The molecule has 0 aromatic carbocycles. The van der Waals surface area contributed by atoms with Crippen LogP contribution in [0.2, 0.25) is 0 Å². The molecule has 0 unspecified atom stereocenters. The fourth-order valence-corrected chi connectivity index (χ4v) is 3.49. The zero-order valence-corrected chi connectivity index (χ0v) is 16.0. The molecule has 0 aliphatic carbocycles. The fraction of sp³-hybridized carbons (Fsp3) is 0.450. The van der Waals surface area contributed by atoms with E-state index in [-0.39, 0.29) is 6.04 Å². The molecule has 7 heteroatoms. The summed E-state index contributed by atoms with van der Waals surface area (Å²) in [5, 5.41) is 8.22. The number of pyridine rings is 2. The van der Waals surface area contributed by atoms with E-state index in [9.17, 15) is 0 Å². The molecule has 0 bridgehead atoms. The van der Waals surface area contributed by atoms with Gasteiger partial charge in [0.2, 0.25) is 0 Å². The second-order valence-electron chi connectivity index (χ2n) is 7.11. The van der Waals surface area contributed by atoms with Crippen LogP contribution in [0.25, 0.3) is 22.3 Å². The van der Waals surface area contributed by atoms with Crippen molar-refractivity contribution >= 4 is 16.7 Å². The highest BCUT2D eigenvalue weighted by Crippen LogP contribution is 2.32. The van der Waals surface area contributed by atoms with Crippen molar-refractivity contribution < 1.29 is 9.47 Å². The van der Waals surface area contributed by atoms with Crippen LogP contribution in [0.4, 0.5) is 5.69 Å². The van der Waals surface area contributed by atoms with Gasteiger partial charge in [0.1, 0.15) is 11.0 Å². The molecule has 1 aliphatic rings. The summed E-state index contributed by atoms with van der Waals surface area (Å²) in [6, 6.07) is 6.60. The van der Waals surface area contributed by atoms with Crippen molar-refractivity contribution in [2.24, 2.45) is 0 Å². The molecule has 1 saturated heterocycles. The standard InChI is InChI=1S/C20H25N5O2/c1-13(2)25-20-17(23-14-6-8-27-11-14)9-16(24-18(20)10-22-25)15-5-4-7-21-19(15)12-26-3/h4-5,7,9-10,13-14H,6,8,11-12H2,1-3H3,(H,23,24)/t14-/m1/s1. The number of hydrogen-bond acceptors (Lipinski definition) is 6. The molecule has 1 aliphatic heterocycles. The lowest BCUT2D eigenvalue weighted by Crippen LogP contribution is -2.20. The van der Waals surface area contributed by atoms with Crippen molar-refractivity contribution in [2.75, 3.05) is 25.6 Å². The lowest BCUT2D eigenvalue weighted by atomic mass is 10.1. The molecule has 3 aromatic rings. The van der Waals surface area contributed by atoms with Crippen LogP contribution >= 0.6 is 0 Å². The minimum absolute atomic E-state index is 0.248. The predicted molar refractivity (Wildman–Crippen MR) is 105 cm³/mol. The normalized spacial score (nSPS) is 17.1. The average Bonchev–Trinajstić information content (AvgIpc) is 3.32. The van der Waals surface area contributed by atoms with Crippen LogP contribution in [0.1, 0.15) is 32.0 Å². The van der Waals surface area contributed by atoms with Gasteiger partial charge in [-0.15, -0.1) is 0 Å². The third-order valence-electron chi connectivity index (χ3n) is 4.78. The number of hydrogen-bond donors (Lipinski definition) is 1. The van der Waals surface area contributed by atoms with Crippen LogP contribution in [0.15, 0.2) is 30.6 Å². The van der Waals surface area contributed by atoms with Gasteiger partial charge in [-0.1, -0.05) is 0 Å². The van der Waals surface area contributed by atoms with Crippen molar-refractivity contribution in [3.8, 4) is 11.3 Å². The van der Waals surface area contributed by atoms with E-state index in [1.807, 2.05) is 23.0 Å². The Bertz CT molecular complexity index is 931. The molecular weight excluding hydrogens is 342 g/mol. The van der Waals surface area contributed by atoms with Gasteiger partial charge in [-0.25, -0.2) is 4.98 Å². The number of aromatic nitrogens is 4. The molecule has 0 amide bonds. The van der Waals surface area contributed by atoms with Crippen molar-refractivity contribution in [1.82, 2.24) is 19.7 Å². The minimum atomic E-state index is 0.248. The zero-order chi connectivity index (χ0) is 18.8. The van der Waals surface area contributed by atoms with Crippen LogP contribution < -0.4 is 5.32 Å². The van der Waals surface area contributed by atoms with E-state index in [0.29, 0.717) is 12.6 Å². The van der Waals surface area contributed by atoms with Crippen LogP contribution in [0, 0.1) is 0 Å². The monoisotopic (exact) mass is 367 g/mol. The highest BCUT2D eigenvalue weighted by atomic mass is 16.5. The first-order valence-electron chi connectivity index (χ1n) is 9.33. The van der Waals surface area contributed by atoms with Crippen molar-refractivity contribution in [1.29, 1.82) is 0 Å². The van der Waals surface area contributed by atoms with Crippen LogP contribution in [0.3, 0.4) is 0 Å². The quantitative estimate of drug-likeness (QED) is 0.720. The van der Waals surface area contributed by atoms with E-state index in [0.717, 1.165) is 53.3 Å². The predicted octanol–water partition coefficient (Wildman–Crippen LogP) is 3.42. The molecule has 4 heterocycles. The molecule has 142 valence electrons. The second-order valence-corrected chi connectivity index (χ2v) is 7.11. The molecule has 1 fully saturated rings. The number of rotatable bonds is 6. The lowest BCUT2D eigenvalue weighted by Gasteiger charge is -2.17. The largest absolute Gasteiger partial charge is 0.379 e. The summed E-state index contributed by atoms with van der Waals surface area (Å²) >= 11 is 0. The van der Waals surface area contributed by atoms with Crippen LogP contribution in [0.5, 0.6) is 0 Å². The molecular formula is C20H25N5O2. The van der Waals surface area contributed by atoms with Crippen molar-refractivity contribution in [2.45, 2.75) is 39.0 Å². The molecule has 1 N–H and O–H groups in total. The number of fused-ring (bicyclic) bond motifs is 1. The van der Waals surface area contributed by atoms with Gasteiger partial charge in [0.15, 0.2) is 0 Å². The molecule has 4 rings (SSSR count). The van der Waals surface area contributed by atoms with Crippen LogP contribution in [-0.4, -0.2) is 46.1 Å². The lowest BCUT2D eigenvalue weighted by molar-refractivity contribution is 0.182. The Labute approximate surface area is 158 Å². The highest BCUT2D eigenvalue weighted by molar-refractivity contribution is 5.91. The van der Waals surface area contributed by atoms with E-state index in [4.69, 9.17) is 14.5 Å². The van der Waals surface area contributed by atoms with Gasteiger partial charge in [-0.3, -0.25) is 9.67 Å². The van der Waals surface area contributed by atoms with E-state index < -0.39 is 0 Å². The zero-order valence-electron chi connectivity index (χ0n) is 16.0. The summed E-state index contributed by atoms with van der Waals surface area (Å²) in [6.45, 7) is 6.21. The Kier molecular flexibility index (Phi) is 5.05. The van der Waals surface area contributed by atoms with E-state index in [2.05, 4.69) is 35.3 Å². The second kappa shape index (κ2) is 7.62. The summed E-state index contributed by atoms with van der Waals surface area (Å²) in [4.78, 5) is 9.34. The molecule has 1 atom stereocenters. The number of ether oxygens (including phenoxy) is 2. The molecule has 0 spiro atoms. The maximum atomic E-state index is 5.54. The number of nitrogens with zero attached hydrogens (tertiary/aromatic N) is 4. The number of anilines is 1. The molecule has 7 nitrogen and oxygen atoms in total. The van der Waals surface area contributed by atoms with Gasteiger partial charge in [-0.2, -0.15) is 5.10 Å².